The third kappa shape index (κ3) is 5.40. The van der Waals surface area contributed by atoms with Gasteiger partial charge in [0, 0.05) is 18.4 Å². The Labute approximate surface area is 221 Å². The van der Waals surface area contributed by atoms with E-state index in [0.29, 0.717) is 5.75 Å². The summed E-state index contributed by atoms with van der Waals surface area (Å²) in [7, 11) is 0. The van der Waals surface area contributed by atoms with Crippen molar-refractivity contribution < 1.29 is 9.90 Å². The summed E-state index contributed by atoms with van der Waals surface area (Å²) in [5.74, 6) is 0.171. The van der Waals surface area contributed by atoms with Crippen molar-refractivity contribution in [3.05, 3.63) is 101 Å². The van der Waals surface area contributed by atoms with Crippen LogP contribution in [0.2, 0.25) is 0 Å². The van der Waals surface area contributed by atoms with Gasteiger partial charge in [-0.3, -0.25) is 4.79 Å². The molecule has 0 radical (unpaired) electrons. The van der Waals surface area contributed by atoms with E-state index in [2.05, 4.69) is 26.9 Å². The van der Waals surface area contributed by atoms with E-state index in [9.17, 15) is 9.90 Å². The molecule has 3 aromatic rings. The number of phenols is 1. The third-order valence-corrected chi connectivity index (χ3v) is 7.35. The second kappa shape index (κ2) is 12.0. The maximum Gasteiger partial charge on any atom is 0.232 e. The molecule has 0 saturated carbocycles. The number of aryl methyl sites for hydroxylation is 1. The predicted octanol–water partition coefficient (Wildman–Crippen LogP) is 5.24. The number of nitrogens with two attached hydrogens (primary N) is 1. The molecule has 1 saturated heterocycles. The molecular formula is C28H32Br2N2O2. The SMILES string of the molecule is Br.NC(=O)C(c1ccccc1)(c1ccccc1)[C@@H]1CCN(CCc2ccc(O)c(CCBr)c2)C1. The summed E-state index contributed by atoms with van der Waals surface area (Å²) in [6.07, 6.45) is 2.63. The van der Waals surface area contributed by atoms with Gasteiger partial charge in [-0.1, -0.05) is 88.7 Å². The van der Waals surface area contributed by atoms with Crippen molar-refractivity contribution in [2.45, 2.75) is 24.7 Å². The Bertz CT molecular complexity index is 1040. The van der Waals surface area contributed by atoms with E-state index in [0.717, 1.165) is 60.9 Å². The number of carbonyl (C=O) groups excluding carboxylic acids is 1. The van der Waals surface area contributed by atoms with Crippen LogP contribution < -0.4 is 5.73 Å². The first-order valence-electron chi connectivity index (χ1n) is 11.6. The van der Waals surface area contributed by atoms with E-state index < -0.39 is 5.41 Å². The highest BCUT2D eigenvalue weighted by molar-refractivity contribution is 9.09. The van der Waals surface area contributed by atoms with Crippen LogP contribution in [-0.4, -0.2) is 40.9 Å². The summed E-state index contributed by atoms with van der Waals surface area (Å²) < 4.78 is 0. The van der Waals surface area contributed by atoms with Crippen molar-refractivity contribution in [1.82, 2.24) is 4.90 Å². The molecule has 0 unspecified atom stereocenters. The van der Waals surface area contributed by atoms with Crippen LogP contribution in [0.3, 0.4) is 0 Å². The lowest BCUT2D eigenvalue weighted by atomic mass is 9.64. The molecule has 34 heavy (non-hydrogen) atoms. The van der Waals surface area contributed by atoms with E-state index in [1.807, 2.05) is 66.7 Å². The van der Waals surface area contributed by atoms with E-state index >= 15 is 0 Å². The number of likely N-dealkylation sites (tertiary alicyclic amines) is 1. The maximum absolute atomic E-state index is 13.2. The monoisotopic (exact) mass is 586 g/mol. The Hall–Kier alpha value is -2.15. The van der Waals surface area contributed by atoms with Crippen LogP contribution in [0, 0.1) is 5.92 Å². The molecular weight excluding hydrogens is 556 g/mol. The number of nitrogens with zero attached hydrogens (tertiary/aromatic N) is 1. The van der Waals surface area contributed by atoms with Gasteiger partial charge < -0.3 is 15.7 Å². The standard InChI is InChI=1S/C28H31BrN2O2.BrH/c29-16-13-22-19-21(11-12-26(22)32)14-17-31-18-15-25(20-31)28(27(30)33,23-7-3-1-4-8-23)24-9-5-2-6-10-24;/h1-12,19,25,32H,13-18,20H2,(H2,30,33);1H/t25-;/m1./s1. The topological polar surface area (TPSA) is 66.6 Å². The smallest absolute Gasteiger partial charge is 0.232 e. The van der Waals surface area contributed by atoms with Gasteiger partial charge in [0.05, 0.1) is 0 Å². The van der Waals surface area contributed by atoms with Crippen LogP contribution >= 0.6 is 32.9 Å². The van der Waals surface area contributed by atoms with E-state index in [-0.39, 0.29) is 28.8 Å². The van der Waals surface area contributed by atoms with Crippen molar-refractivity contribution in [2.24, 2.45) is 11.7 Å². The number of rotatable bonds is 9. The normalized spacial score (nSPS) is 16.2. The maximum atomic E-state index is 13.2. The zero-order valence-corrected chi connectivity index (χ0v) is 22.5. The Kier molecular flexibility index (Phi) is 9.34. The second-order valence-electron chi connectivity index (χ2n) is 8.84. The van der Waals surface area contributed by atoms with Gasteiger partial charge >= 0.3 is 0 Å². The Morgan fingerprint density at radius 3 is 2.18 bits per heavy atom. The highest BCUT2D eigenvalue weighted by Gasteiger charge is 2.49. The number of benzene rings is 3. The van der Waals surface area contributed by atoms with Crippen molar-refractivity contribution in [3.63, 3.8) is 0 Å². The first-order chi connectivity index (χ1) is 16.1. The summed E-state index contributed by atoms with van der Waals surface area (Å²) >= 11 is 3.46. The zero-order chi connectivity index (χ0) is 23.3. The van der Waals surface area contributed by atoms with Crippen molar-refractivity contribution in [3.8, 4) is 5.75 Å². The molecule has 0 aliphatic carbocycles. The van der Waals surface area contributed by atoms with Crippen molar-refractivity contribution in [2.75, 3.05) is 25.0 Å². The molecule has 0 spiro atoms. The largest absolute Gasteiger partial charge is 0.508 e. The minimum Gasteiger partial charge on any atom is -0.508 e. The fourth-order valence-corrected chi connectivity index (χ4v) is 5.73. The summed E-state index contributed by atoms with van der Waals surface area (Å²) in [5, 5.41) is 10.9. The molecule has 6 heteroatoms. The van der Waals surface area contributed by atoms with Crippen LogP contribution in [0.15, 0.2) is 78.9 Å². The lowest BCUT2D eigenvalue weighted by Gasteiger charge is -2.37. The lowest BCUT2D eigenvalue weighted by molar-refractivity contribution is -0.123. The van der Waals surface area contributed by atoms with Gasteiger partial charge in [0.25, 0.3) is 0 Å². The molecule has 1 aliphatic rings. The van der Waals surface area contributed by atoms with E-state index in [1.54, 1.807) is 6.07 Å². The van der Waals surface area contributed by atoms with Crippen LogP contribution in [-0.2, 0) is 23.1 Å². The van der Waals surface area contributed by atoms with E-state index in [1.165, 1.54) is 5.56 Å². The first kappa shape index (κ1) is 26.5. The Morgan fingerprint density at radius 2 is 1.62 bits per heavy atom. The molecule has 0 aromatic heterocycles. The van der Waals surface area contributed by atoms with Gasteiger partial charge in [0.1, 0.15) is 11.2 Å². The van der Waals surface area contributed by atoms with Crippen molar-refractivity contribution in [1.29, 1.82) is 0 Å². The number of carbonyl (C=O) groups is 1. The molecule has 1 heterocycles. The molecule has 1 amide bonds. The summed E-state index contributed by atoms with van der Waals surface area (Å²) in [6.45, 7) is 2.66. The number of primary amides is 1. The van der Waals surface area contributed by atoms with Gasteiger partial charge in [-0.25, -0.2) is 0 Å². The molecule has 4 rings (SSSR count). The Morgan fingerprint density at radius 1 is 1.00 bits per heavy atom. The number of alkyl halides is 1. The minimum absolute atomic E-state index is 0. The van der Waals surface area contributed by atoms with Crippen LogP contribution in [0.4, 0.5) is 0 Å². The predicted molar refractivity (Wildman–Crippen MR) is 147 cm³/mol. The first-order valence-corrected chi connectivity index (χ1v) is 12.7. The van der Waals surface area contributed by atoms with Gasteiger partial charge in [0.2, 0.25) is 5.91 Å². The van der Waals surface area contributed by atoms with Gasteiger partial charge in [-0.2, -0.15) is 0 Å². The molecule has 1 atom stereocenters. The van der Waals surface area contributed by atoms with Gasteiger partial charge in [-0.15, -0.1) is 17.0 Å². The second-order valence-corrected chi connectivity index (χ2v) is 9.64. The highest BCUT2D eigenvalue weighted by Crippen LogP contribution is 2.43. The fraction of sp³-hybridized carbons (Fsp3) is 0.321. The molecule has 1 fully saturated rings. The number of hydrogen-bond donors (Lipinski definition) is 2. The van der Waals surface area contributed by atoms with Gasteiger partial charge in [-0.05, 0) is 60.0 Å². The van der Waals surface area contributed by atoms with Crippen LogP contribution in [0.25, 0.3) is 0 Å². The number of aromatic hydroxyl groups is 1. The Balaban J connectivity index is 0.00000324. The quantitative estimate of drug-likeness (QED) is 0.336. The number of phenolic OH excluding ortho intramolecular Hbond substituents is 1. The zero-order valence-electron chi connectivity index (χ0n) is 19.2. The lowest BCUT2D eigenvalue weighted by Crippen LogP contribution is -2.49. The molecule has 180 valence electrons. The summed E-state index contributed by atoms with van der Waals surface area (Å²) in [6, 6.07) is 25.9. The average molecular weight is 588 g/mol. The summed E-state index contributed by atoms with van der Waals surface area (Å²) in [4.78, 5) is 15.6. The highest BCUT2D eigenvalue weighted by atomic mass is 79.9. The number of halogens is 2. The number of amides is 1. The minimum atomic E-state index is -0.848. The van der Waals surface area contributed by atoms with Crippen LogP contribution in [0.1, 0.15) is 28.7 Å². The molecule has 3 N–H and O–H groups in total. The van der Waals surface area contributed by atoms with Crippen molar-refractivity contribution >= 4 is 38.8 Å². The molecule has 1 aliphatic heterocycles. The fourth-order valence-electron chi connectivity index (χ4n) is 5.30. The molecule has 3 aromatic carbocycles. The summed E-state index contributed by atoms with van der Waals surface area (Å²) in [5.41, 5.74) is 9.48. The number of hydrogen-bond acceptors (Lipinski definition) is 3. The average Bonchev–Trinajstić information content (AvgIpc) is 3.30. The molecule has 0 bridgehead atoms. The molecule has 4 nitrogen and oxygen atoms in total. The third-order valence-electron chi connectivity index (χ3n) is 6.96. The van der Waals surface area contributed by atoms with Gasteiger partial charge in [0.15, 0.2) is 0 Å². The van der Waals surface area contributed by atoms with E-state index in [4.69, 9.17) is 5.73 Å². The van der Waals surface area contributed by atoms with Crippen LogP contribution in [0.5, 0.6) is 5.75 Å².